The first-order valence-corrected chi connectivity index (χ1v) is 8.85. The summed E-state index contributed by atoms with van der Waals surface area (Å²) in [7, 11) is 0. The van der Waals surface area contributed by atoms with Crippen LogP contribution in [0.25, 0.3) is 0 Å². The molecule has 23 heavy (non-hydrogen) atoms. The van der Waals surface area contributed by atoms with Crippen LogP contribution >= 0.6 is 11.3 Å². The minimum Gasteiger partial charge on any atom is -0.494 e. The molecule has 0 aliphatic carbocycles. The first kappa shape index (κ1) is 17.5. The van der Waals surface area contributed by atoms with Gasteiger partial charge in [-0.1, -0.05) is 19.1 Å². The maximum atomic E-state index is 8.53. The van der Waals surface area contributed by atoms with Crippen molar-refractivity contribution in [2.24, 2.45) is 0 Å². The molecule has 0 spiro atoms. The van der Waals surface area contributed by atoms with Crippen molar-refractivity contribution in [2.75, 3.05) is 6.61 Å². The maximum absolute atomic E-state index is 8.53. The molecule has 1 heterocycles. The Morgan fingerprint density at radius 3 is 3.00 bits per heavy atom. The summed E-state index contributed by atoms with van der Waals surface area (Å²) in [5, 5.41) is 15.3. The normalized spacial score (nSPS) is 11.9. The number of hydrogen-bond acceptors (Lipinski definition) is 5. The number of unbranched alkanes of at least 4 members (excludes halogenated alkanes) is 1. The predicted octanol–water partition coefficient (Wildman–Crippen LogP) is 4.38. The van der Waals surface area contributed by atoms with E-state index in [4.69, 9.17) is 10.00 Å². The Balaban J connectivity index is 1.88. The van der Waals surface area contributed by atoms with E-state index in [1.54, 1.807) is 11.3 Å². The Kier molecular flexibility index (Phi) is 7.05. The molecule has 122 valence electrons. The molecule has 1 atom stereocenters. The average Bonchev–Trinajstić information content (AvgIpc) is 2.99. The minimum absolute atomic E-state index is 0.286. The van der Waals surface area contributed by atoms with Crippen LogP contribution in [0, 0.1) is 18.3 Å². The zero-order chi connectivity index (χ0) is 16.5. The molecule has 5 heteroatoms. The molecule has 0 radical (unpaired) electrons. The Morgan fingerprint density at radius 2 is 2.30 bits per heavy atom. The Bertz CT molecular complexity index is 648. The summed E-state index contributed by atoms with van der Waals surface area (Å²) in [4.78, 5) is 4.57. The second kappa shape index (κ2) is 9.29. The maximum Gasteiger partial charge on any atom is 0.119 e. The highest BCUT2D eigenvalue weighted by molar-refractivity contribution is 7.09. The van der Waals surface area contributed by atoms with E-state index in [0.29, 0.717) is 13.0 Å². The molecular formula is C18H23N3OS. The van der Waals surface area contributed by atoms with Gasteiger partial charge in [0.1, 0.15) is 10.8 Å². The number of aryl methyl sites for hydroxylation is 1. The number of rotatable bonds is 9. The Morgan fingerprint density at radius 1 is 1.43 bits per heavy atom. The van der Waals surface area contributed by atoms with E-state index in [9.17, 15) is 0 Å². The highest BCUT2D eigenvalue weighted by Crippen LogP contribution is 2.22. The highest BCUT2D eigenvalue weighted by Gasteiger charge is 2.12. The van der Waals surface area contributed by atoms with E-state index in [2.05, 4.69) is 40.8 Å². The van der Waals surface area contributed by atoms with Crippen molar-refractivity contribution in [2.45, 2.75) is 45.7 Å². The van der Waals surface area contributed by atoms with E-state index in [0.717, 1.165) is 35.8 Å². The lowest BCUT2D eigenvalue weighted by Gasteiger charge is -2.15. The van der Waals surface area contributed by atoms with Crippen molar-refractivity contribution < 1.29 is 4.74 Å². The van der Waals surface area contributed by atoms with Gasteiger partial charge in [0.25, 0.3) is 0 Å². The van der Waals surface area contributed by atoms with Crippen LogP contribution in [0.4, 0.5) is 0 Å². The van der Waals surface area contributed by atoms with Gasteiger partial charge in [-0.25, -0.2) is 4.98 Å². The number of thiazole rings is 1. The third-order valence-corrected chi connectivity index (χ3v) is 4.57. The van der Waals surface area contributed by atoms with Crippen molar-refractivity contribution in [3.8, 4) is 11.8 Å². The molecule has 2 rings (SSSR count). The van der Waals surface area contributed by atoms with Gasteiger partial charge < -0.3 is 10.1 Å². The van der Waals surface area contributed by atoms with E-state index < -0.39 is 0 Å². The molecule has 0 saturated carbocycles. The molecule has 0 aliphatic heterocycles. The van der Waals surface area contributed by atoms with Crippen molar-refractivity contribution in [1.29, 1.82) is 5.26 Å². The Labute approximate surface area is 142 Å². The van der Waals surface area contributed by atoms with Crippen LogP contribution in [0.5, 0.6) is 5.75 Å². The third kappa shape index (κ3) is 5.66. The van der Waals surface area contributed by atoms with Gasteiger partial charge in [0.05, 0.1) is 18.7 Å². The number of benzene rings is 1. The van der Waals surface area contributed by atoms with Crippen LogP contribution in [0.15, 0.2) is 29.6 Å². The van der Waals surface area contributed by atoms with Crippen LogP contribution in [-0.4, -0.2) is 11.6 Å². The second-order valence-electron chi connectivity index (χ2n) is 5.43. The highest BCUT2D eigenvalue weighted by atomic mass is 32.1. The van der Waals surface area contributed by atoms with Gasteiger partial charge in [0, 0.05) is 24.0 Å². The summed E-state index contributed by atoms with van der Waals surface area (Å²) >= 11 is 1.71. The SMILES string of the molecule is CCC(NCc1cccc(OCCCC#N)c1)c1nc(C)cs1. The summed E-state index contributed by atoms with van der Waals surface area (Å²) in [5.74, 6) is 0.861. The van der Waals surface area contributed by atoms with Gasteiger partial charge in [-0.15, -0.1) is 11.3 Å². The number of aromatic nitrogens is 1. The van der Waals surface area contributed by atoms with Crippen molar-refractivity contribution in [3.05, 3.63) is 45.9 Å². The lowest BCUT2D eigenvalue weighted by atomic mass is 10.2. The van der Waals surface area contributed by atoms with Crippen LogP contribution in [-0.2, 0) is 6.54 Å². The second-order valence-corrected chi connectivity index (χ2v) is 6.32. The third-order valence-electron chi connectivity index (χ3n) is 3.50. The summed E-state index contributed by atoms with van der Waals surface area (Å²) in [6.07, 6.45) is 2.31. The average molecular weight is 329 g/mol. The topological polar surface area (TPSA) is 57.9 Å². The van der Waals surface area contributed by atoms with Crippen LogP contribution in [0.2, 0.25) is 0 Å². The number of nitriles is 1. The molecule has 2 aromatic rings. The van der Waals surface area contributed by atoms with Crippen LogP contribution in [0.3, 0.4) is 0 Å². The van der Waals surface area contributed by atoms with Gasteiger partial charge in [-0.3, -0.25) is 0 Å². The number of hydrogen-bond donors (Lipinski definition) is 1. The smallest absolute Gasteiger partial charge is 0.119 e. The quantitative estimate of drug-likeness (QED) is 0.694. The zero-order valence-corrected chi connectivity index (χ0v) is 14.5. The number of nitrogens with one attached hydrogen (secondary N) is 1. The first-order valence-electron chi connectivity index (χ1n) is 7.97. The summed E-state index contributed by atoms with van der Waals surface area (Å²) in [6.45, 7) is 5.57. The summed E-state index contributed by atoms with van der Waals surface area (Å²) in [5.41, 5.74) is 2.27. The monoisotopic (exact) mass is 329 g/mol. The molecule has 1 aromatic heterocycles. The summed E-state index contributed by atoms with van der Waals surface area (Å²) < 4.78 is 5.68. The minimum atomic E-state index is 0.286. The Hall–Kier alpha value is -1.90. The van der Waals surface area contributed by atoms with Gasteiger partial charge in [-0.2, -0.15) is 5.26 Å². The first-order chi connectivity index (χ1) is 11.2. The van der Waals surface area contributed by atoms with Crippen molar-refractivity contribution in [3.63, 3.8) is 0 Å². The standard InChI is InChI=1S/C18H23N3OS/c1-3-17(18-21-14(2)13-23-18)20-12-15-7-6-8-16(11-15)22-10-5-4-9-19/h6-8,11,13,17,20H,3-5,10,12H2,1-2H3. The van der Waals surface area contributed by atoms with Crippen LogP contribution in [0.1, 0.15) is 48.5 Å². The van der Waals surface area contributed by atoms with Crippen LogP contribution < -0.4 is 10.1 Å². The molecule has 0 aliphatic rings. The molecule has 0 amide bonds. The van der Waals surface area contributed by atoms with Crippen molar-refractivity contribution in [1.82, 2.24) is 10.3 Å². The molecule has 0 saturated heterocycles. The lowest BCUT2D eigenvalue weighted by Crippen LogP contribution is -2.20. The van der Waals surface area contributed by atoms with E-state index >= 15 is 0 Å². The number of ether oxygens (including phenoxy) is 1. The fourth-order valence-electron chi connectivity index (χ4n) is 2.27. The fourth-order valence-corrected chi connectivity index (χ4v) is 3.22. The molecule has 4 nitrogen and oxygen atoms in total. The summed E-state index contributed by atoms with van der Waals surface area (Å²) in [6, 6.07) is 10.5. The molecular weight excluding hydrogens is 306 g/mol. The molecule has 1 N–H and O–H groups in total. The van der Waals surface area contributed by atoms with Gasteiger partial charge >= 0.3 is 0 Å². The predicted molar refractivity (Wildman–Crippen MR) is 93.5 cm³/mol. The van der Waals surface area contributed by atoms with Gasteiger partial charge in [0.2, 0.25) is 0 Å². The molecule has 0 fully saturated rings. The van der Waals surface area contributed by atoms with Gasteiger partial charge in [-0.05, 0) is 37.5 Å². The van der Waals surface area contributed by atoms with E-state index in [1.165, 1.54) is 5.56 Å². The number of nitrogens with zero attached hydrogens (tertiary/aromatic N) is 2. The fraction of sp³-hybridized carbons (Fsp3) is 0.444. The molecule has 0 bridgehead atoms. The van der Waals surface area contributed by atoms with E-state index in [1.807, 2.05) is 19.1 Å². The largest absolute Gasteiger partial charge is 0.494 e. The lowest BCUT2D eigenvalue weighted by molar-refractivity contribution is 0.312. The molecule has 1 unspecified atom stereocenters. The molecule has 1 aromatic carbocycles. The van der Waals surface area contributed by atoms with Crippen molar-refractivity contribution >= 4 is 11.3 Å². The van der Waals surface area contributed by atoms with E-state index in [-0.39, 0.29) is 6.04 Å². The van der Waals surface area contributed by atoms with Gasteiger partial charge in [0.15, 0.2) is 0 Å². The zero-order valence-electron chi connectivity index (χ0n) is 13.7.